The molecule has 0 aliphatic carbocycles. The number of hydrogen-bond acceptors (Lipinski definition) is 5. The van der Waals surface area contributed by atoms with Crippen LogP contribution in [-0.2, 0) is 9.59 Å². The number of nitriles is 1. The summed E-state index contributed by atoms with van der Waals surface area (Å²) < 4.78 is 0. The number of anilines is 2. The molecule has 0 saturated carbocycles. The van der Waals surface area contributed by atoms with Crippen molar-refractivity contribution in [2.75, 3.05) is 29.9 Å². The molecule has 1 aliphatic heterocycles. The van der Waals surface area contributed by atoms with Crippen LogP contribution in [0.5, 0.6) is 0 Å². The number of amides is 2. The minimum atomic E-state index is -0.812. The van der Waals surface area contributed by atoms with E-state index < -0.39 is 11.8 Å². The van der Waals surface area contributed by atoms with E-state index in [9.17, 15) is 9.59 Å². The van der Waals surface area contributed by atoms with E-state index in [4.69, 9.17) is 16.9 Å². The van der Waals surface area contributed by atoms with Gasteiger partial charge in [0.1, 0.15) is 6.07 Å². The molecule has 1 aromatic carbocycles. The van der Waals surface area contributed by atoms with Gasteiger partial charge in [-0.15, -0.1) is 0 Å². The lowest BCUT2D eigenvalue weighted by Gasteiger charge is -2.33. The zero-order valence-electron chi connectivity index (χ0n) is 16.1. The molecule has 2 heterocycles. The van der Waals surface area contributed by atoms with Crippen molar-refractivity contribution < 1.29 is 9.59 Å². The van der Waals surface area contributed by atoms with E-state index in [1.807, 2.05) is 25.3 Å². The van der Waals surface area contributed by atoms with E-state index in [1.54, 1.807) is 6.07 Å². The average molecular weight is 412 g/mol. The number of carbonyl (C=O) groups excluding carboxylic acids is 2. The second kappa shape index (κ2) is 9.39. The Labute approximate surface area is 174 Å². The van der Waals surface area contributed by atoms with Gasteiger partial charge in [0.2, 0.25) is 0 Å². The number of nitrogens with one attached hydrogen (secondary N) is 2. The molecule has 29 heavy (non-hydrogen) atoms. The summed E-state index contributed by atoms with van der Waals surface area (Å²) in [6.45, 7) is 4.20. The molecular formula is C21H22ClN5O2. The van der Waals surface area contributed by atoms with Crippen LogP contribution in [0.2, 0.25) is 5.02 Å². The Morgan fingerprint density at radius 2 is 2.00 bits per heavy atom. The van der Waals surface area contributed by atoms with Crippen LogP contribution in [0.3, 0.4) is 0 Å². The summed E-state index contributed by atoms with van der Waals surface area (Å²) in [6.07, 6.45) is 3.67. The van der Waals surface area contributed by atoms with E-state index in [-0.39, 0.29) is 11.3 Å². The normalized spacial score (nSPS) is 14.2. The third-order valence-corrected chi connectivity index (χ3v) is 5.20. The Morgan fingerprint density at radius 3 is 2.69 bits per heavy atom. The first-order valence-corrected chi connectivity index (χ1v) is 9.80. The van der Waals surface area contributed by atoms with Crippen molar-refractivity contribution in [1.82, 2.24) is 10.3 Å². The quantitative estimate of drug-likeness (QED) is 0.754. The van der Waals surface area contributed by atoms with Gasteiger partial charge in [-0.2, -0.15) is 5.26 Å². The van der Waals surface area contributed by atoms with Crippen molar-refractivity contribution in [1.29, 1.82) is 5.26 Å². The van der Waals surface area contributed by atoms with Crippen LogP contribution in [0.1, 0.15) is 24.1 Å². The highest BCUT2D eigenvalue weighted by Crippen LogP contribution is 2.23. The molecule has 2 aromatic rings. The fraction of sp³-hybridized carbons (Fsp3) is 0.333. The van der Waals surface area contributed by atoms with Gasteiger partial charge in [0, 0.05) is 42.2 Å². The van der Waals surface area contributed by atoms with Crippen LogP contribution in [0.25, 0.3) is 0 Å². The molecule has 2 N–H and O–H groups in total. The highest BCUT2D eigenvalue weighted by Gasteiger charge is 2.22. The predicted molar refractivity (Wildman–Crippen MR) is 112 cm³/mol. The number of piperidine rings is 1. The summed E-state index contributed by atoms with van der Waals surface area (Å²) in [5, 5.41) is 14.6. The third kappa shape index (κ3) is 5.46. The molecule has 0 radical (unpaired) electrons. The molecule has 0 spiro atoms. The largest absolute Gasteiger partial charge is 0.371 e. The number of aromatic nitrogens is 1. The first kappa shape index (κ1) is 20.6. The molecule has 0 unspecified atom stereocenters. The molecule has 1 saturated heterocycles. The maximum atomic E-state index is 12.1. The number of nitrogens with zero attached hydrogens (tertiary/aromatic N) is 3. The molecule has 1 aliphatic rings. The van der Waals surface area contributed by atoms with E-state index in [0.717, 1.165) is 37.3 Å². The van der Waals surface area contributed by atoms with Crippen molar-refractivity contribution in [2.45, 2.75) is 19.8 Å². The smallest absolute Gasteiger partial charge is 0.313 e. The molecule has 0 atom stereocenters. The summed E-state index contributed by atoms with van der Waals surface area (Å²) in [5.41, 5.74) is 2.62. The van der Waals surface area contributed by atoms with Crippen LogP contribution in [-0.4, -0.2) is 36.4 Å². The number of pyridine rings is 1. The molecule has 1 aromatic heterocycles. The zero-order chi connectivity index (χ0) is 20.8. The summed E-state index contributed by atoms with van der Waals surface area (Å²) in [7, 11) is 0. The van der Waals surface area contributed by atoms with Gasteiger partial charge in [0.05, 0.1) is 11.3 Å². The molecule has 3 rings (SSSR count). The van der Waals surface area contributed by atoms with Crippen molar-refractivity contribution in [3.63, 3.8) is 0 Å². The standard InChI is InChI=1S/C21H22ClN5O2/c1-14-10-18(4-7-24-14)27-8-5-15(6-9-27)13-25-20(28)21(29)26-19-11-17(22)3-2-16(19)12-23/h2-4,7,10-11,15H,5-6,8-9,13H2,1H3,(H,25,28)(H,26,29). The lowest BCUT2D eigenvalue weighted by Crippen LogP contribution is -2.42. The Morgan fingerprint density at radius 1 is 1.24 bits per heavy atom. The maximum Gasteiger partial charge on any atom is 0.313 e. The average Bonchev–Trinajstić information content (AvgIpc) is 2.72. The Kier molecular flexibility index (Phi) is 6.68. The van der Waals surface area contributed by atoms with Gasteiger partial charge in [-0.25, -0.2) is 0 Å². The first-order valence-electron chi connectivity index (χ1n) is 9.42. The van der Waals surface area contributed by atoms with Gasteiger partial charge < -0.3 is 15.5 Å². The Hall–Kier alpha value is -3.11. The monoisotopic (exact) mass is 411 g/mol. The maximum absolute atomic E-state index is 12.1. The van der Waals surface area contributed by atoms with Crippen molar-refractivity contribution >= 4 is 34.8 Å². The highest BCUT2D eigenvalue weighted by molar-refractivity contribution is 6.40. The van der Waals surface area contributed by atoms with Crippen LogP contribution >= 0.6 is 11.6 Å². The van der Waals surface area contributed by atoms with Crippen molar-refractivity contribution in [3.8, 4) is 6.07 Å². The van der Waals surface area contributed by atoms with E-state index >= 15 is 0 Å². The third-order valence-electron chi connectivity index (χ3n) is 4.97. The molecular weight excluding hydrogens is 390 g/mol. The number of aryl methyl sites for hydroxylation is 1. The van der Waals surface area contributed by atoms with Crippen LogP contribution in [0.15, 0.2) is 36.5 Å². The van der Waals surface area contributed by atoms with Gasteiger partial charge in [-0.3, -0.25) is 14.6 Å². The SMILES string of the molecule is Cc1cc(N2CCC(CNC(=O)C(=O)Nc3cc(Cl)ccc3C#N)CC2)ccn1. The van der Waals surface area contributed by atoms with E-state index in [1.165, 1.54) is 12.1 Å². The number of halogens is 1. The fourth-order valence-electron chi connectivity index (χ4n) is 3.34. The van der Waals surface area contributed by atoms with Gasteiger partial charge in [-0.1, -0.05) is 11.6 Å². The van der Waals surface area contributed by atoms with Crippen LogP contribution in [0, 0.1) is 24.2 Å². The van der Waals surface area contributed by atoms with Crippen molar-refractivity contribution in [3.05, 3.63) is 52.8 Å². The van der Waals surface area contributed by atoms with Gasteiger partial charge in [-0.05, 0) is 56.0 Å². The molecule has 150 valence electrons. The topological polar surface area (TPSA) is 98.1 Å². The number of rotatable bonds is 4. The van der Waals surface area contributed by atoms with Crippen molar-refractivity contribution in [2.24, 2.45) is 5.92 Å². The van der Waals surface area contributed by atoms with Crippen LogP contribution < -0.4 is 15.5 Å². The zero-order valence-corrected chi connectivity index (χ0v) is 16.9. The minimum absolute atomic E-state index is 0.223. The van der Waals surface area contributed by atoms with Gasteiger partial charge in [0.15, 0.2) is 0 Å². The van der Waals surface area contributed by atoms with E-state index in [2.05, 4.69) is 26.6 Å². The molecule has 2 amide bonds. The second-order valence-corrected chi connectivity index (χ2v) is 7.49. The molecule has 0 bridgehead atoms. The second-order valence-electron chi connectivity index (χ2n) is 7.05. The summed E-state index contributed by atoms with van der Waals surface area (Å²) >= 11 is 5.90. The fourth-order valence-corrected chi connectivity index (χ4v) is 3.51. The Balaban J connectivity index is 1.47. The Bertz CT molecular complexity index is 948. The number of hydrogen-bond donors (Lipinski definition) is 2. The van der Waals surface area contributed by atoms with Crippen LogP contribution in [0.4, 0.5) is 11.4 Å². The molecule has 8 heteroatoms. The van der Waals surface area contributed by atoms with E-state index in [0.29, 0.717) is 17.5 Å². The predicted octanol–water partition coefficient (Wildman–Crippen LogP) is 2.89. The lowest BCUT2D eigenvalue weighted by molar-refractivity contribution is -0.136. The molecule has 7 nitrogen and oxygen atoms in total. The minimum Gasteiger partial charge on any atom is -0.371 e. The summed E-state index contributed by atoms with van der Waals surface area (Å²) in [4.78, 5) is 30.8. The number of benzene rings is 1. The molecule has 1 fully saturated rings. The number of carbonyl (C=O) groups is 2. The van der Waals surface area contributed by atoms with Gasteiger partial charge in [0.25, 0.3) is 0 Å². The lowest BCUT2D eigenvalue weighted by atomic mass is 9.96. The highest BCUT2D eigenvalue weighted by atomic mass is 35.5. The van der Waals surface area contributed by atoms with Gasteiger partial charge >= 0.3 is 11.8 Å². The summed E-state index contributed by atoms with van der Waals surface area (Å²) in [6, 6.07) is 10.5. The summed E-state index contributed by atoms with van der Waals surface area (Å²) in [5.74, 6) is -1.22. The first-order chi connectivity index (χ1) is 14.0.